The van der Waals surface area contributed by atoms with Gasteiger partial charge in [0.15, 0.2) is 0 Å². The van der Waals surface area contributed by atoms with Gasteiger partial charge in [-0.2, -0.15) is 0 Å². The molecule has 6 nitrogen and oxygen atoms in total. The van der Waals surface area contributed by atoms with E-state index in [9.17, 15) is 9.59 Å². The van der Waals surface area contributed by atoms with Crippen LogP contribution in [0.3, 0.4) is 0 Å². The average molecular weight is 275 g/mol. The molecule has 0 aromatic carbocycles. The molecule has 20 heavy (non-hydrogen) atoms. The number of aromatic nitrogens is 2. The fourth-order valence-corrected chi connectivity index (χ4v) is 2.29. The van der Waals surface area contributed by atoms with Crippen LogP contribution in [0, 0.1) is 18.8 Å². The van der Waals surface area contributed by atoms with Crippen molar-refractivity contribution in [2.45, 2.75) is 26.3 Å². The summed E-state index contributed by atoms with van der Waals surface area (Å²) in [7, 11) is 0. The first-order valence-electron chi connectivity index (χ1n) is 6.52. The Balaban J connectivity index is 1.97. The molecule has 0 radical (unpaired) electrons. The fraction of sp³-hybridized carbons (Fsp3) is 0.429. The van der Waals surface area contributed by atoms with E-state index >= 15 is 0 Å². The van der Waals surface area contributed by atoms with Gasteiger partial charge in [-0.15, -0.1) is 0 Å². The van der Waals surface area contributed by atoms with Crippen LogP contribution < -0.4 is 5.32 Å². The summed E-state index contributed by atoms with van der Waals surface area (Å²) in [5.41, 5.74) is 0.712. The van der Waals surface area contributed by atoms with Crippen molar-refractivity contribution >= 4 is 11.9 Å². The summed E-state index contributed by atoms with van der Waals surface area (Å²) >= 11 is 0. The quantitative estimate of drug-likeness (QED) is 0.802. The molecule has 0 aliphatic heterocycles. The first kappa shape index (κ1) is 14.2. The smallest absolute Gasteiger partial charge is 0.307 e. The van der Waals surface area contributed by atoms with Crippen molar-refractivity contribution in [3.8, 4) is 0 Å². The zero-order valence-corrected chi connectivity index (χ0v) is 11.2. The molecule has 2 rings (SSSR count). The van der Waals surface area contributed by atoms with Gasteiger partial charge in [0.2, 0.25) is 5.91 Å². The van der Waals surface area contributed by atoms with Crippen LogP contribution in [0.1, 0.15) is 24.4 Å². The average Bonchev–Trinajstić information content (AvgIpc) is 2.45. The molecule has 1 amide bonds. The zero-order valence-electron chi connectivity index (χ0n) is 11.2. The number of aliphatic carboxylic acids is 1. The van der Waals surface area contributed by atoms with Gasteiger partial charge in [0, 0.05) is 6.20 Å². The molecule has 0 saturated carbocycles. The molecule has 1 aliphatic carbocycles. The molecule has 0 spiro atoms. The highest BCUT2D eigenvalue weighted by Crippen LogP contribution is 2.26. The van der Waals surface area contributed by atoms with Crippen LogP contribution in [0.2, 0.25) is 0 Å². The molecule has 1 aromatic rings. The normalized spacial score (nSPS) is 21.4. The highest BCUT2D eigenvalue weighted by Gasteiger charge is 2.33. The van der Waals surface area contributed by atoms with E-state index in [0.29, 0.717) is 24.4 Å². The number of hydrogen-bond acceptors (Lipinski definition) is 4. The van der Waals surface area contributed by atoms with Gasteiger partial charge in [0.1, 0.15) is 5.82 Å². The second-order valence-electron chi connectivity index (χ2n) is 4.81. The van der Waals surface area contributed by atoms with E-state index in [0.717, 1.165) is 0 Å². The first-order chi connectivity index (χ1) is 9.58. The Hall–Kier alpha value is -2.24. The molecule has 106 valence electrons. The molecule has 6 heteroatoms. The Morgan fingerprint density at radius 2 is 2.05 bits per heavy atom. The first-order valence-corrected chi connectivity index (χ1v) is 6.52. The van der Waals surface area contributed by atoms with Crippen LogP contribution in [0.5, 0.6) is 0 Å². The number of carbonyl (C=O) groups is 2. The van der Waals surface area contributed by atoms with Crippen molar-refractivity contribution in [3.05, 3.63) is 35.9 Å². The van der Waals surface area contributed by atoms with Crippen LogP contribution in [-0.2, 0) is 16.1 Å². The summed E-state index contributed by atoms with van der Waals surface area (Å²) in [5, 5.41) is 11.9. The van der Waals surface area contributed by atoms with Gasteiger partial charge in [-0.3, -0.25) is 9.59 Å². The van der Waals surface area contributed by atoms with E-state index in [4.69, 9.17) is 5.11 Å². The summed E-state index contributed by atoms with van der Waals surface area (Å²) in [4.78, 5) is 31.4. The lowest BCUT2D eigenvalue weighted by molar-refractivity contribution is -0.147. The molecule has 2 N–H and O–H groups in total. The van der Waals surface area contributed by atoms with Crippen molar-refractivity contribution in [1.29, 1.82) is 0 Å². The second kappa shape index (κ2) is 6.27. The van der Waals surface area contributed by atoms with Crippen LogP contribution in [0.4, 0.5) is 0 Å². The third-order valence-corrected chi connectivity index (χ3v) is 3.36. The number of aryl methyl sites for hydroxylation is 1. The fourth-order valence-electron chi connectivity index (χ4n) is 2.29. The molecule has 0 bridgehead atoms. The largest absolute Gasteiger partial charge is 0.481 e. The molecule has 1 aliphatic rings. The number of hydrogen-bond donors (Lipinski definition) is 2. The minimum atomic E-state index is -0.924. The van der Waals surface area contributed by atoms with Crippen LogP contribution in [-0.4, -0.2) is 27.0 Å². The highest BCUT2D eigenvalue weighted by molar-refractivity contribution is 5.85. The summed E-state index contributed by atoms with van der Waals surface area (Å²) in [5.74, 6) is -1.68. The third-order valence-electron chi connectivity index (χ3n) is 3.36. The molecular weight excluding hydrogens is 258 g/mol. The number of allylic oxidation sites excluding steroid dienone is 2. The minimum absolute atomic E-state index is 0.238. The minimum Gasteiger partial charge on any atom is -0.481 e. The van der Waals surface area contributed by atoms with E-state index in [1.54, 1.807) is 19.2 Å². The van der Waals surface area contributed by atoms with Crippen molar-refractivity contribution in [2.75, 3.05) is 0 Å². The number of nitrogens with zero attached hydrogens (tertiary/aromatic N) is 2. The third kappa shape index (κ3) is 3.40. The van der Waals surface area contributed by atoms with Gasteiger partial charge >= 0.3 is 5.97 Å². The summed E-state index contributed by atoms with van der Waals surface area (Å²) in [6.45, 7) is 2.06. The Morgan fingerprint density at radius 3 is 2.70 bits per heavy atom. The van der Waals surface area contributed by atoms with Gasteiger partial charge in [-0.1, -0.05) is 12.2 Å². The molecule has 1 heterocycles. The summed E-state index contributed by atoms with van der Waals surface area (Å²) in [6.07, 6.45) is 6.17. The van der Waals surface area contributed by atoms with Gasteiger partial charge in [-0.05, 0) is 25.8 Å². The number of rotatable bonds is 4. The van der Waals surface area contributed by atoms with Crippen molar-refractivity contribution in [3.63, 3.8) is 0 Å². The molecule has 0 fully saturated rings. The van der Waals surface area contributed by atoms with Gasteiger partial charge < -0.3 is 10.4 Å². The summed E-state index contributed by atoms with van der Waals surface area (Å²) in [6, 6.07) is 1.72. The van der Waals surface area contributed by atoms with E-state index < -0.39 is 17.8 Å². The highest BCUT2D eigenvalue weighted by atomic mass is 16.4. The van der Waals surface area contributed by atoms with Gasteiger partial charge in [0.05, 0.1) is 24.1 Å². The number of nitrogens with one attached hydrogen (secondary N) is 1. The number of carbonyl (C=O) groups excluding carboxylic acids is 1. The Kier molecular flexibility index (Phi) is 4.45. The molecule has 2 atom stereocenters. The maximum atomic E-state index is 12.1. The van der Waals surface area contributed by atoms with E-state index in [-0.39, 0.29) is 12.5 Å². The maximum Gasteiger partial charge on any atom is 0.307 e. The van der Waals surface area contributed by atoms with E-state index in [2.05, 4.69) is 15.3 Å². The second-order valence-corrected chi connectivity index (χ2v) is 4.81. The molecule has 0 saturated heterocycles. The summed E-state index contributed by atoms with van der Waals surface area (Å²) < 4.78 is 0. The van der Waals surface area contributed by atoms with Crippen LogP contribution in [0.15, 0.2) is 24.4 Å². The SMILES string of the molecule is Cc1nccc(CNC(=O)[C@@H]2CC=CC[C@@H]2C(=O)O)n1. The number of amides is 1. The predicted octanol–water partition coefficient (Wildman–Crippen LogP) is 1.07. The van der Waals surface area contributed by atoms with Crippen LogP contribution >= 0.6 is 0 Å². The predicted molar refractivity (Wildman–Crippen MR) is 71.6 cm³/mol. The Labute approximate surface area is 116 Å². The van der Waals surface area contributed by atoms with Gasteiger partial charge in [0.25, 0.3) is 0 Å². The van der Waals surface area contributed by atoms with Crippen molar-refractivity contribution in [2.24, 2.45) is 11.8 Å². The maximum absolute atomic E-state index is 12.1. The lowest BCUT2D eigenvalue weighted by Gasteiger charge is -2.24. The number of carboxylic acid groups (broad SMARTS) is 1. The van der Waals surface area contributed by atoms with E-state index in [1.807, 2.05) is 12.2 Å². The van der Waals surface area contributed by atoms with Gasteiger partial charge in [-0.25, -0.2) is 9.97 Å². The molecular formula is C14H17N3O3. The lowest BCUT2D eigenvalue weighted by atomic mass is 9.82. The van der Waals surface area contributed by atoms with Crippen molar-refractivity contribution < 1.29 is 14.7 Å². The Bertz CT molecular complexity index is 542. The topological polar surface area (TPSA) is 92.2 Å². The molecule has 1 aromatic heterocycles. The monoisotopic (exact) mass is 275 g/mol. The zero-order chi connectivity index (χ0) is 14.5. The standard InChI is InChI=1S/C14H17N3O3/c1-9-15-7-6-10(17-9)8-16-13(18)11-4-2-3-5-12(11)14(19)20/h2-3,6-7,11-12H,4-5,8H2,1H3,(H,16,18)(H,19,20)/t11-,12+/m1/s1. The number of carboxylic acids is 1. The van der Waals surface area contributed by atoms with E-state index in [1.165, 1.54) is 0 Å². The Morgan fingerprint density at radius 1 is 1.35 bits per heavy atom. The molecule has 0 unspecified atom stereocenters. The van der Waals surface area contributed by atoms with Crippen molar-refractivity contribution in [1.82, 2.24) is 15.3 Å². The van der Waals surface area contributed by atoms with Crippen LogP contribution in [0.25, 0.3) is 0 Å². The lowest BCUT2D eigenvalue weighted by Crippen LogP contribution is -2.38.